The highest BCUT2D eigenvalue weighted by atomic mass is 35.5. The molecule has 3 rings (SSSR count). The first-order valence-electron chi connectivity index (χ1n) is 6.45. The third kappa shape index (κ3) is 2.11. The molecule has 1 aliphatic heterocycles. The predicted molar refractivity (Wildman–Crippen MR) is 72.9 cm³/mol. The Morgan fingerprint density at radius 2 is 1.31 bits per heavy atom. The lowest BCUT2D eigenvalue weighted by molar-refractivity contribution is 0.291. The highest BCUT2D eigenvalue weighted by Crippen LogP contribution is 2.43. The summed E-state index contributed by atoms with van der Waals surface area (Å²) in [7, 11) is 0. The zero-order chi connectivity index (χ0) is 11.1. The quantitative estimate of drug-likeness (QED) is 0.683. The van der Waals surface area contributed by atoms with E-state index in [1.165, 1.54) is 38.5 Å². The van der Waals surface area contributed by atoms with Gasteiger partial charge in [0.1, 0.15) is 0 Å². The molecule has 0 spiro atoms. The number of hydrogen-bond acceptors (Lipinski definition) is 2. The molecule has 92 valence electrons. The molecular weight excluding hydrogens is 261 g/mol. The summed E-state index contributed by atoms with van der Waals surface area (Å²) in [6.45, 7) is 0. The lowest BCUT2D eigenvalue weighted by Gasteiger charge is -2.49. The van der Waals surface area contributed by atoms with Gasteiger partial charge in [0, 0.05) is 33.3 Å². The number of nitrogens with one attached hydrogen (secondary N) is 1. The normalized spacial score (nSPS) is 52.9. The van der Waals surface area contributed by atoms with E-state index in [0.29, 0.717) is 22.8 Å². The standard InChI is InChI=1S/C12H19Cl2NS/c13-7-3-1-5-9-11(7)15-12-8(14)4-2-6-10(12)16-9/h7-12,15H,1-6H2. The van der Waals surface area contributed by atoms with Crippen LogP contribution in [-0.2, 0) is 0 Å². The smallest absolute Gasteiger partial charge is 0.0500 e. The number of thioether (sulfide) groups is 1. The number of hydrogen-bond donors (Lipinski definition) is 1. The third-order valence-electron chi connectivity index (χ3n) is 4.25. The fraction of sp³-hybridized carbons (Fsp3) is 1.00. The van der Waals surface area contributed by atoms with Gasteiger partial charge in [-0.3, -0.25) is 0 Å². The Kier molecular flexibility index (Phi) is 3.64. The van der Waals surface area contributed by atoms with Crippen LogP contribution >= 0.6 is 35.0 Å². The second-order valence-corrected chi connectivity index (χ2v) is 7.93. The van der Waals surface area contributed by atoms with Crippen LogP contribution in [0.4, 0.5) is 0 Å². The summed E-state index contributed by atoms with van der Waals surface area (Å²) in [5.74, 6) is 0. The molecule has 4 heteroatoms. The highest BCUT2D eigenvalue weighted by Gasteiger charge is 2.45. The molecule has 1 N–H and O–H groups in total. The van der Waals surface area contributed by atoms with Crippen LogP contribution in [0.5, 0.6) is 0 Å². The maximum atomic E-state index is 6.45. The second-order valence-electron chi connectivity index (χ2n) is 5.33. The van der Waals surface area contributed by atoms with Gasteiger partial charge >= 0.3 is 0 Å². The number of alkyl halides is 2. The Morgan fingerprint density at radius 1 is 0.812 bits per heavy atom. The molecule has 1 saturated heterocycles. The van der Waals surface area contributed by atoms with Gasteiger partial charge in [0.25, 0.3) is 0 Å². The van der Waals surface area contributed by atoms with E-state index in [1.54, 1.807) is 0 Å². The first-order chi connectivity index (χ1) is 7.75. The summed E-state index contributed by atoms with van der Waals surface area (Å²) < 4.78 is 0. The zero-order valence-corrected chi connectivity index (χ0v) is 11.7. The highest BCUT2D eigenvalue weighted by molar-refractivity contribution is 8.00. The fourth-order valence-corrected chi connectivity index (χ4v) is 6.30. The molecule has 2 saturated carbocycles. The first-order valence-corrected chi connectivity index (χ1v) is 8.27. The van der Waals surface area contributed by atoms with Gasteiger partial charge in [0.2, 0.25) is 0 Å². The monoisotopic (exact) mass is 279 g/mol. The van der Waals surface area contributed by atoms with Crippen molar-refractivity contribution in [3.63, 3.8) is 0 Å². The van der Waals surface area contributed by atoms with Crippen molar-refractivity contribution in [1.82, 2.24) is 5.32 Å². The molecule has 2 aliphatic carbocycles. The van der Waals surface area contributed by atoms with Crippen LogP contribution in [0.1, 0.15) is 38.5 Å². The van der Waals surface area contributed by atoms with Gasteiger partial charge < -0.3 is 5.32 Å². The van der Waals surface area contributed by atoms with Gasteiger partial charge in [-0.1, -0.05) is 12.8 Å². The van der Waals surface area contributed by atoms with Crippen LogP contribution in [0.3, 0.4) is 0 Å². The van der Waals surface area contributed by atoms with Crippen LogP contribution in [0, 0.1) is 0 Å². The Bertz CT molecular complexity index is 239. The summed E-state index contributed by atoms with van der Waals surface area (Å²) >= 11 is 15.1. The topological polar surface area (TPSA) is 12.0 Å². The van der Waals surface area contributed by atoms with Crippen molar-refractivity contribution in [3.8, 4) is 0 Å². The summed E-state index contributed by atoms with van der Waals surface area (Å²) in [6, 6.07) is 1.00. The number of halogens is 2. The van der Waals surface area contributed by atoms with E-state index < -0.39 is 0 Å². The molecule has 6 atom stereocenters. The average molecular weight is 280 g/mol. The number of rotatable bonds is 0. The molecule has 1 nitrogen and oxygen atoms in total. The fourth-order valence-electron chi connectivity index (χ4n) is 3.39. The van der Waals surface area contributed by atoms with E-state index >= 15 is 0 Å². The van der Waals surface area contributed by atoms with Crippen molar-refractivity contribution < 1.29 is 0 Å². The summed E-state index contributed by atoms with van der Waals surface area (Å²) in [4.78, 5) is 0. The first kappa shape index (κ1) is 12.0. The lowest BCUT2D eigenvalue weighted by Crippen LogP contribution is -2.62. The van der Waals surface area contributed by atoms with E-state index in [2.05, 4.69) is 17.1 Å². The molecule has 0 amide bonds. The van der Waals surface area contributed by atoms with Crippen molar-refractivity contribution >= 4 is 35.0 Å². The van der Waals surface area contributed by atoms with E-state index in [1.807, 2.05) is 0 Å². The van der Waals surface area contributed by atoms with Crippen LogP contribution in [0.25, 0.3) is 0 Å². The summed E-state index contributed by atoms with van der Waals surface area (Å²) in [6.07, 6.45) is 7.60. The maximum Gasteiger partial charge on any atom is 0.0500 e. The number of fused-ring (bicyclic) bond motifs is 2. The van der Waals surface area contributed by atoms with Crippen LogP contribution in [0.2, 0.25) is 0 Å². The van der Waals surface area contributed by atoms with Gasteiger partial charge in [-0.05, 0) is 25.7 Å². The van der Waals surface area contributed by atoms with Gasteiger partial charge in [0.15, 0.2) is 0 Å². The zero-order valence-electron chi connectivity index (χ0n) is 9.37. The van der Waals surface area contributed by atoms with Crippen molar-refractivity contribution in [2.45, 2.75) is 71.9 Å². The molecule has 0 radical (unpaired) electrons. The minimum atomic E-state index is 0.318. The molecule has 3 fully saturated rings. The Hall–Kier alpha value is 0.890. The third-order valence-corrected chi connectivity index (χ3v) is 6.99. The van der Waals surface area contributed by atoms with E-state index in [9.17, 15) is 0 Å². The van der Waals surface area contributed by atoms with E-state index in [0.717, 1.165) is 10.5 Å². The van der Waals surface area contributed by atoms with Crippen molar-refractivity contribution in [3.05, 3.63) is 0 Å². The average Bonchev–Trinajstić information content (AvgIpc) is 2.28. The van der Waals surface area contributed by atoms with Gasteiger partial charge in [-0.25, -0.2) is 0 Å². The van der Waals surface area contributed by atoms with Crippen LogP contribution < -0.4 is 5.32 Å². The van der Waals surface area contributed by atoms with Gasteiger partial charge in [-0.15, -0.1) is 23.2 Å². The molecule has 1 heterocycles. The predicted octanol–water partition coefficient (Wildman–Crippen LogP) is 3.38. The van der Waals surface area contributed by atoms with E-state index in [4.69, 9.17) is 23.2 Å². The molecule has 0 bridgehead atoms. The molecule has 3 aliphatic rings. The largest absolute Gasteiger partial charge is 0.306 e. The van der Waals surface area contributed by atoms with Gasteiger partial charge in [-0.2, -0.15) is 11.8 Å². The molecular formula is C12H19Cl2NS. The SMILES string of the molecule is ClC1CCCC2SC3CCCC(Cl)C3NC12. The minimum Gasteiger partial charge on any atom is -0.306 e. The second kappa shape index (κ2) is 4.87. The van der Waals surface area contributed by atoms with E-state index in [-0.39, 0.29) is 0 Å². The molecule has 0 aromatic rings. The Morgan fingerprint density at radius 3 is 1.81 bits per heavy atom. The van der Waals surface area contributed by atoms with Crippen LogP contribution in [0.15, 0.2) is 0 Å². The van der Waals surface area contributed by atoms with Crippen molar-refractivity contribution in [2.75, 3.05) is 0 Å². The lowest BCUT2D eigenvalue weighted by atomic mass is 9.89. The van der Waals surface area contributed by atoms with Gasteiger partial charge in [0.05, 0.1) is 0 Å². The molecule has 0 aromatic carbocycles. The van der Waals surface area contributed by atoms with Crippen LogP contribution in [-0.4, -0.2) is 33.3 Å². The minimum absolute atomic E-state index is 0.318. The summed E-state index contributed by atoms with van der Waals surface area (Å²) in [5, 5.41) is 5.88. The maximum absolute atomic E-state index is 6.45. The molecule has 6 unspecified atom stereocenters. The molecule has 0 aromatic heterocycles. The van der Waals surface area contributed by atoms with Crippen molar-refractivity contribution in [2.24, 2.45) is 0 Å². The Balaban J connectivity index is 1.74. The van der Waals surface area contributed by atoms with Crippen molar-refractivity contribution in [1.29, 1.82) is 0 Å². The Labute approximate surface area is 112 Å². The summed E-state index contributed by atoms with van der Waals surface area (Å²) in [5.41, 5.74) is 0. The molecule has 16 heavy (non-hydrogen) atoms.